The molecular weight excluding hydrogens is 528 g/mol. The molecule has 3 aromatic carbocycles. The van der Waals surface area contributed by atoms with Gasteiger partial charge in [0.1, 0.15) is 17.4 Å². The van der Waals surface area contributed by atoms with E-state index in [0.717, 1.165) is 11.0 Å². The zero-order valence-electron chi connectivity index (χ0n) is 21.3. The molecule has 10 heteroatoms. The normalized spacial score (nSPS) is 14.7. The number of carbonyl (C=O) groups excluding carboxylic acids is 1. The van der Waals surface area contributed by atoms with Crippen LogP contribution in [0.3, 0.4) is 0 Å². The summed E-state index contributed by atoms with van der Waals surface area (Å²) in [5.74, 6) is -3.97. The Bertz CT molecular complexity index is 1570. The number of anilines is 1. The maximum absolute atomic E-state index is 15.3. The smallest absolute Gasteiger partial charge is 0.413 e. The predicted octanol–water partition coefficient (Wildman–Crippen LogP) is 7.54. The van der Waals surface area contributed by atoms with E-state index >= 15 is 4.39 Å². The average molecular weight is 553 g/mol. The number of alkyl halides is 2. The summed E-state index contributed by atoms with van der Waals surface area (Å²) < 4.78 is 61.7. The lowest BCUT2D eigenvalue weighted by molar-refractivity contribution is -0.0494. The molecule has 40 heavy (non-hydrogen) atoms. The first-order chi connectivity index (χ1) is 19.0. The number of rotatable bonds is 5. The van der Waals surface area contributed by atoms with Gasteiger partial charge in [0, 0.05) is 55.7 Å². The van der Waals surface area contributed by atoms with E-state index in [0.29, 0.717) is 28.0 Å². The van der Waals surface area contributed by atoms with Crippen molar-refractivity contribution < 1.29 is 36.7 Å². The number of nitrogens with zero attached hydrogens (tertiary/aromatic N) is 2. The predicted molar refractivity (Wildman–Crippen MR) is 141 cm³/mol. The summed E-state index contributed by atoms with van der Waals surface area (Å²) in [6.45, 7) is -0.205. The molecule has 0 spiro atoms. The SMILES string of the molecule is CN(C(=O)O)c1ccc(-c2ccc(-c3ccc(C(=O)N4CCC(F)(F)CC4)cc3F)cc2-c2ccc(F)cc2)o1. The van der Waals surface area contributed by atoms with E-state index in [1.807, 2.05) is 0 Å². The number of amides is 2. The van der Waals surface area contributed by atoms with Gasteiger partial charge in [-0.25, -0.2) is 22.4 Å². The summed E-state index contributed by atoms with van der Waals surface area (Å²) in [5, 5.41) is 9.25. The number of carbonyl (C=O) groups is 2. The Kier molecular flexibility index (Phi) is 7.10. The van der Waals surface area contributed by atoms with Crippen molar-refractivity contribution in [3.05, 3.63) is 90.0 Å². The number of furan rings is 1. The quantitative estimate of drug-likeness (QED) is 0.260. The summed E-state index contributed by atoms with van der Waals surface area (Å²) in [6.07, 6.45) is -2.06. The molecule has 0 atom stereocenters. The van der Waals surface area contributed by atoms with E-state index in [-0.39, 0.29) is 30.1 Å². The van der Waals surface area contributed by atoms with Gasteiger partial charge in [0.2, 0.25) is 5.88 Å². The van der Waals surface area contributed by atoms with Gasteiger partial charge in [0.05, 0.1) is 0 Å². The van der Waals surface area contributed by atoms with Crippen molar-refractivity contribution in [2.24, 2.45) is 0 Å². The van der Waals surface area contributed by atoms with Crippen LogP contribution in [0.1, 0.15) is 23.2 Å². The van der Waals surface area contributed by atoms with Gasteiger partial charge in [0.25, 0.3) is 11.8 Å². The van der Waals surface area contributed by atoms with Gasteiger partial charge >= 0.3 is 6.09 Å². The van der Waals surface area contributed by atoms with Crippen molar-refractivity contribution in [1.82, 2.24) is 4.90 Å². The van der Waals surface area contributed by atoms with E-state index in [1.54, 1.807) is 36.4 Å². The van der Waals surface area contributed by atoms with E-state index in [2.05, 4.69) is 0 Å². The fourth-order valence-corrected chi connectivity index (χ4v) is 4.64. The molecule has 0 aliphatic carbocycles. The molecule has 206 valence electrons. The lowest BCUT2D eigenvalue weighted by atomic mass is 9.93. The second kappa shape index (κ2) is 10.5. The summed E-state index contributed by atoms with van der Waals surface area (Å²) in [5.41, 5.74) is 2.47. The van der Waals surface area contributed by atoms with Crippen molar-refractivity contribution in [2.75, 3.05) is 25.0 Å². The molecule has 4 aromatic rings. The van der Waals surface area contributed by atoms with Crippen LogP contribution in [0.2, 0.25) is 0 Å². The second-order valence-electron chi connectivity index (χ2n) is 9.59. The van der Waals surface area contributed by atoms with Crippen LogP contribution in [0, 0.1) is 11.6 Å². The first-order valence-electron chi connectivity index (χ1n) is 12.5. The minimum absolute atomic E-state index is 0.0625. The van der Waals surface area contributed by atoms with Crippen molar-refractivity contribution in [3.8, 4) is 33.6 Å². The number of hydrogen-bond acceptors (Lipinski definition) is 3. The minimum atomic E-state index is -2.80. The highest BCUT2D eigenvalue weighted by molar-refractivity contribution is 5.95. The maximum atomic E-state index is 15.3. The van der Waals surface area contributed by atoms with Crippen LogP contribution in [0.15, 0.2) is 77.2 Å². The van der Waals surface area contributed by atoms with Crippen molar-refractivity contribution >= 4 is 17.9 Å². The Morgan fingerprint density at radius 2 is 1.50 bits per heavy atom. The first kappa shape index (κ1) is 27.0. The molecule has 6 nitrogen and oxygen atoms in total. The first-order valence-corrected chi connectivity index (χ1v) is 12.5. The summed E-state index contributed by atoms with van der Waals surface area (Å²) in [6, 6.07) is 17.8. The highest BCUT2D eigenvalue weighted by Gasteiger charge is 2.36. The Labute approximate surface area is 227 Å². The monoisotopic (exact) mass is 552 g/mol. The van der Waals surface area contributed by atoms with Gasteiger partial charge in [-0.15, -0.1) is 0 Å². The largest absolute Gasteiger partial charge is 0.465 e. The molecule has 2 amide bonds. The topological polar surface area (TPSA) is 74.0 Å². The summed E-state index contributed by atoms with van der Waals surface area (Å²) >= 11 is 0. The Balaban J connectivity index is 1.50. The van der Waals surface area contributed by atoms with E-state index in [1.165, 1.54) is 42.3 Å². The molecule has 0 radical (unpaired) electrons. The molecule has 5 rings (SSSR count). The average Bonchev–Trinajstić information content (AvgIpc) is 3.42. The van der Waals surface area contributed by atoms with Gasteiger partial charge in [-0.05, 0) is 59.2 Å². The number of halogens is 4. The molecule has 1 aliphatic heterocycles. The fraction of sp³-hybridized carbons (Fsp3) is 0.200. The molecule has 1 fully saturated rings. The van der Waals surface area contributed by atoms with Gasteiger partial charge in [-0.2, -0.15) is 0 Å². The zero-order valence-corrected chi connectivity index (χ0v) is 21.3. The molecule has 0 unspecified atom stereocenters. The van der Waals surface area contributed by atoms with Crippen LogP contribution in [0.4, 0.5) is 28.2 Å². The maximum Gasteiger partial charge on any atom is 0.413 e. The minimum Gasteiger partial charge on any atom is -0.465 e. The Morgan fingerprint density at radius 3 is 2.15 bits per heavy atom. The van der Waals surface area contributed by atoms with Crippen LogP contribution >= 0.6 is 0 Å². The molecule has 1 aliphatic rings. The third-order valence-electron chi connectivity index (χ3n) is 6.96. The molecule has 1 aromatic heterocycles. The van der Waals surface area contributed by atoms with Crippen molar-refractivity contribution in [3.63, 3.8) is 0 Å². The van der Waals surface area contributed by atoms with Crippen LogP contribution in [0.25, 0.3) is 33.6 Å². The van der Waals surface area contributed by atoms with E-state index in [9.17, 15) is 27.9 Å². The van der Waals surface area contributed by atoms with Gasteiger partial charge in [-0.1, -0.05) is 24.3 Å². The molecule has 0 saturated carbocycles. The van der Waals surface area contributed by atoms with Crippen molar-refractivity contribution in [1.29, 1.82) is 0 Å². The number of benzene rings is 3. The lowest BCUT2D eigenvalue weighted by Gasteiger charge is -2.31. The standard InChI is InChI=1S/C30H24F4N2O4/c1-35(29(38)39)27-11-10-26(40-27)23-9-4-19(16-24(23)18-2-6-21(31)7-3-18)22-8-5-20(17-25(22)32)28(37)36-14-12-30(33,34)13-15-36/h2-11,16-17H,12-15H2,1H3,(H,38,39). The van der Waals surface area contributed by atoms with Crippen LogP contribution in [-0.4, -0.2) is 48.1 Å². The fourth-order valence-electron chi connectivity index (χ4n) is 4.64. The molecule has 1 saturated heterocycles. The lowest BCUT2D eigenvalue weighted by Crippen LogP contribution is -2.42. The molecule has 2 heterocycles. The number of carboxylic acid groups (broad SMARTS) is 1. The van der Waals surface area contributed by atoms with Crippen LogP contribution in [0.5, 0.6) is 0 Å². The third-order valence-corrected chi connectivity index (χ3v) is 6.96. The van der Waals surface area contributed by atoms with Crippen molar-refractivity contribution in [2.45, 2.75) is 18.8 Å². The molecule has 1 N–H and O–H groups in total. The van der Waals surface area contributed by atoms with Gasteiger partial charge in [0.15, 0.2) is 0 Å². The Hall–Kier alpha value is -4.60. The van der Waals surface area contributed by atoms with Crippen LogP contribution < -0.4 is 4.90 Å². The highest BCUT2D eigenvalue weighted by atomic mass is 19.3. The number of piperidine rings is 1. The van der Waals surface area contributed by atoms with Gasteiger partial charge in [-0.3, -0.25) is 9.69 Å². The van der Waals surface area contributed by atoms with Gasteiger partial charge < -0.3 is 14.4 Å². The van der Waals surface area contributed by atoms with Crippen LogP contribution in [-0.2, 0) is 0 Å². The Morgan fingerprint density at radius 1 is 0.850 bits per heavy atom. The number of likely N-dealkylation sites (tertiary alicyclic amines) is 1. The zero-order chi connectivity index (χ0) is 28.6. The number of hydrogen-bond donors (Lipinski definition) is 1. The van der Waals surface area contributed by atoms with E-state index < -0.39 is 42.4 Å². The summed E-state index contributed by atoms with van der Waals surface area (Å²) in [7, 11) is 1.34. The second-order valence-corrected chi connectivity index (χ2v) is 9.59. The summed E-state index contributed by atoms with van der Waals surface area (Å²) in [4.78, 5) is 26.3. The third kappa shape index (κ3) is 5.42. The molecular formula is C30H24F4N2O4. The highest BCUT2D eigenvalue weighted by Crippen LogP contribution is 2.38. The van der Waals surface area contributed by atoms with E-state index in [4.69, 9.17) is 4.42 Å². The molecule has 0 bridgehead atoms.